The number of nitrogen functional groups attached to an aromatic ring is 1. The van der Waals surface area contributed by atoms with Gasteiger partial charge in [-0.2, -0.15) is 0 Å². The van der Waals surface area contributed by atoms with Gasteiger partial charge in [0.2, 0.25) is 0 Å². The number of amides is 1. The van der Waals surface area contributed by atoms with Crippen LogP contribution in [0.3, 0.4) is 0 Å². The summed E-state index contributed by atoms with van der Waals surface area (Å²) in [5.41, 5.74) is 8.07. The van der Waals surface area contributed by atoms with E-state index in [-0.39, 0.29) is 11.7 Å². The molecule has 1 amide bonds. The lowest BCUT2D eigenvalue weighted by Crippen LogP contribution is -2.36. The molecule has 1 aliphatic rings. The molecule has 0 aliphatic carbocycles. The molecule has 1 aromatic heterocycles. The van der Waals surface area contributed by atoms with Gasteiger partial charge in [-0.3, -0.25) is 9.69 Å². The summed E-state index contributed by atoms with van der Waals surface area (Å²) in [4.78, 5) is 15.7. The SMILES string of the molecule is Nc1ccc2c(c1)N(Cc1cccc(Cl)c1)C(=O)/C(=C\c1cccs1)O2. The number of hydrogen-bond donors (Lipinski definition) is 1. The maximum absolute atomic E-state index is 13.1. The Morgan fingerprint density at radius 3 is 2.81 bits per heavy atom. The molecular formula is C20H15ClN2O2S. The third kappa shape index (κ3) is 3.31. The zero-order chi connectivity index (χ0) is 18.1. The summed E-state index contributed by atoms with van der Waals surface area (Å²) in [6.07, 6.45) is 1.76. The zero-order valence-corrected chi connectivity index (χ0v) is 15.3. The molecule has 0 fully saturated rings. The summed E-state index contributed by atoms with van der Waals surface area (Å²) in [7, 11) is 0. The largest absolute Gasteiger partial charge is 0.449 e. The third-order valence-electron chi connectivity index (χ3n) is 4.00. The van der Waals surface area contributed by atoms with Crippen LogP contribution in [0.2, 0.25) is 5.02 Å². The van der Waals surface area contributed by atoms with Crippen molar-refractivity contribution in [3.8, 4) is 5.75 Å². The third-order valence-corrected chi connectivity index (χ3v) is 5.05. The molecule has 0 atom stereocenters. The van der Waals surface area contributed by atoms with E-state index in [2.05, 4.69) is 0 Å². The normalized spacial score (nSPS) is 15.0. The summed E-state index contributed by atoms with van der Waals surface area (Å²) < 4.78 is 5.86. The summed E-state index contributed by atoms with van der Waals surface area (Å²) in [5.74, 6) is 0.673. The average Bonchev–Trinajstić information content (AvgIpc) is 3.12. The van der Waals surface area contributed by atoms with Gasteiger partial charge in [0.15, 0.2) is 11.5 Å². The van der Waals surface area contributed by atoms with E-state index >= 15 is 0 Å². The van der Waals surface area contributed by atoms with Crippen molar-refractivity contribution >= 4 is 46.3 Å². The predicted molar refractivity (Wildman–Crippen MR) is 106 cm³/mol. The van der Waals surface area contributed by atoms with Crippen LogP contribution in [0, 0.1) is 0 Å². The number of nitrogens with zero attached hydrogens (tertiary/aromatic N) is 1. The van der Waals surface area contributed by atoms with Crippen molar-refractivity contribution in [2.45, 2.75) is 6.54 Å². The standard InChI is InChI=1S/C20H15ClN2O2S/c21-14-4-1-3-13(9-14)12-23-17-10-15(22)6-7-18(17)25-19(20(23)24)11-16-5-2-8-26-16/h1-11H,12,22H2/b19-11+. The highest BCUT2D eigenvalue weighted by Crippen LogP contribution is 2.38. The summed E-state index contributed by atoms with van der Waals surface area (Å²) in [6.45, 7) is 0.376. The molecule has 0 saturated heterocycles. The number of fused-ring (bicyclic) bond motifs is 1. The molecule has 2 N–H and O–H groups in total. The average molecular weight is 383 g/mol. The second kappa shape index (κ2) is 6.86. The Bertz CT molecular complexity index is 999. The highest BCUT2D eigenvalue weighted by Gasteiger charge is 2.30. The van der Waals surface area contributed by atoms with E-state index in [0.717, 1.165) is 10.4 Å². The molecule has 0 saturated carbocycles. The number of thiophene rings is 1. The Balaban J connectivity index is 1.77. The Labute approximate surface area is 160 Å². The molecular weight excluding hydrogens is 368 g/mol. The van der Waals surface area contributed by atoms with Crippen LogP contribution in [-0.4, -0.2) is 5.91 Å². The molecule has 4 rings (SSSR count). The van der Waals surface area contributed by atoms with Crippen LogP contribution in [0.5, 0.6) is 5.75 Å². The highest BCUT2D eigenvalue weighted by molar-refractivity contribution is 7.10. The Morgan fingerprint density at radius 1 is 1.15 bits per heavy atom. The fourth-order valence-electron chi connectivity index (χ4n) is 2.80. The van der Waals surface area contributed by atoms with Gasteiger partial charge in [-0.25, -0.2) is 0 Å². The van der Waals surface area contributed by atoms with Gasteiger partial charge >= 0.3 is 0 Å². The summed E-state index contributed by atoms with van der Waals surface area (Å²) in [5, 5.41) is 2.59. The molecule has 2 aromatic carbocycles. The fraction of sp³-hybridized carbons (Fsp3) is 0.0500. The lowest BCUT2D eigenvalue weighted by molar-refractivity contribution is -0.117. The Hall–Kier alpha value is -2.76. The van der Waals surface area contributed by atoms with Crippen molar-refractivity contribution in [2.24, 2.45) is 0 Å². The summed E-state index contributed by atoms with van der Waals surface area (Å²) in [6, 6.07) is 16.6. The van der Waals surface area contributed by atoms with Crippen LogP contribution < -0.4 is 15.4 Å². The second-order valence-corrected chi connectivity index (χ2v) is 7.29. The van der Waals surface area contributed by atoms with E-state index in [1.165, 1.54) is 0 Å². The van der Waals surface area contributed by atoms with Crippen LogP contribution in [0.25, 0.3) is 6.08 Å². The molecule has 0 spiro atoms. The van der Waals surface area contributed by atoms with Gasteiger partial charge in [0.1, 0.15) is 0 Å². The first-order valence-corrected chi connectivity index (χ1v) is 9.25. The molecule has 0 unspecified atom stereocenters. The molecule has 130 valence electrons. The van der Waals surface area contributed by atoms with E-state index in [4.69, 9.17) is 22.1 Å². The number of carbonyl (C=O) groups excluding carboxylic acids is 1. The minimum absolute atomic E-state index is 0.212. The number of nitrogens with two attached hydrogens (primary N) is 1. The van der Waals surface area contributed by atoms with Crippen molar-refractivity contribution < 1.29 is 9.53 Å². The van der Waals surface area contributed by atoms with Crippen LogP contribution in [-0.2, 0) is 11.3 Å². The number of halogens is 1. The topological polar surface area (TPSA) is 55.6 Å². The maximum Gasteiger partial charge on any atom is 0.294 e. The minimum atomic E-state index is -0.212. The molecule has 0 bridgehead atoms. The number of ether oxygens (including phenoxy) is 1. The van der Waals surface area contributed by atoms with Crippen LogP contribution in [0.15, 0.2) is 65.7 Å². The predicted octanol–water partition coefficient (Wildman–Crippen LogP) is 4.95. The van der Waals surface area contributed by atoms with Crippen LogP contribution in [0.1, 0.15) is 10.4 Å². The molecule has 1 aliphatic heterocycles. The first-order valence-electron chi connectivity index (χ1n) is 7.99. The lowest BCUT2D eigenvalue weighted by Gasteiger charge is -2.31. The van der Waals surface area contributed by atoms with Gasteiger partial charge in [-0.15, -0.1) is 11.3 Å². The molecule has 3 aromatic rings. The van der Waals surface area contributed by atoms with Crippen LogP contribution in [0.4, 0.5) is 11.4 Å². The van der Waals surface area contributed by atoms with Crippen LogP contribution >= 0.6 is 22.9 Å². The van der Waals surface area contributed by atoms with Crippen molar-refractivity contribution in [2.75, 3.05) is 10.6 Å². The smallest absolute Gasteiger partial charge is 0.294 e. The molecule has 2 heterocycles. The van der Waals surface area contributed by atoms with E-state index < -0.39 is 0 Å². The first kappa shape index (κ1) is 16.7. The van der Waals surface area contributed by atoms with E-state index in [1.807, 2.05) is 35.7 Å². The minimum Gasteiger partial charge on any atom is -0.449 e. The Kier molecular flexibility index (Phi) is 4.41. The number of anilines is 2. The lowest BCUT2D eigenvalue weighted by atomic mass is 10.1. The maximum atomic E-state index is 13.1. The van der Waals surface area contributed by atoms with E-state index in [1.54, 1.807) is 46.6 Å². The highest BCUT2D eigenvalue weighted by atomic mass is 35.5. The zero-order valence-electron chi connectivity index (χ0n) is 13.7. The monoisotopic (exact) mass is 382 g/mol. The summed E-state index contributed by atoms with van der Waals surface area (Å²) >= 11 is 7.63. The van der Waals surface area contributed by atoms with Gasteiger partial charge in [0, 0.05) is 21.7 Å². The van der Waals surface area contributed by atoms with E-state index in [9.17, 15) is 4.79 Å². The van der Waals surface area contributed by atoms with Gasteiger partial charge in [0.25, 0.3) is 5.91 Å². The van der Waals surface area contributed by atoms with Gasteiger partial charge in [0.05, 0.1) is 12.2 Å². The van der Waals surface area contributed by atoms with E-state index in [0.29, 0.717) is 28.7 Å². The van der Waals surface area contributed by atoms with Gasteiger partial charge < -0.3 is 10.5 Å². The first-order chi connectivity index (χ1) is 12.6. The molecule has 4 nitrogen and oxygen atoms in total. The number of benzene rings is 2. The Morgan fingerprint density at radius 2 is 2.04 bits per heavy atom. The van der Waals surface area contributed by atoms with Crippen molar-refractivity contribution in [3.05, 3.63) is 81.2 Å². The number of rotatable bonds is 3. The van der Waals surface area contributed by atoms with Crippen molar-refractivity contribution in [1.29, 1.82) is 0 Å². The fourth-order valence-corrected chi connectivity index (χ4v) is 3.66. The van der Waals surface area contributed by atoms with Crippen molar-refractivity contribution in [3.63, 3.8) is 0 Å². The molecule has 0 radical (unpaired) electrons. The van der Waals surface area contributed by atoms with Crippen molar-refractivity contribution in [1.82, 2.24) is 0 Å². The molecule has 6 heteroatoms. The van der Waals surface area contributed by atoms with Gasteiger partial charge in [-0.1, -0.05) is 29.8 Å². The second-order valence-electron chi connectivity index (χ2n) is 5.87. The van der Waals surface area contributed by atoms with Gasteiger partial charge in [-0.05, 0) is 47.3 Å². The number of carbonyl (C=O) groups is 1. The number of hydrogen-bond acceptors (Lipinski definition) is 4. The quantitative estimate of drug-likeness (QED) is 0.515. The molecule has 26 heavy (non-hydrogen) atoms.